The Bertz CT molecular complexity index is 350. The van der Waals surface area contributed by atoms with E-state index < -0.39 is 12.2 Å². The first kappa shape index (κ1) is 14.0. The molecule has 0 radical (unpaired) electrons. The smallest absolute Gasteiger partial charge is 0.306 e. The Morgan fingerprint density at radius 1 is 1.41 bits per heavy atom. The minimum absolute atomic E-state index is 0.115. The molecular weight excluding hydrogens is 229 g/mol. The minimum Gasteiger partial charge on any atom is -0.306 e. The second-order valence-corrected chi connectivity index (χ2v) is 4.02. The first-order valence-electron chi connectivity index (χ1n) is 5.65. The molecule has 0 amide bonds. The Hall–Kier alpha value is -1.10. The van der Waals surface area contributed by atoms with Crippen LogP contribution in [0.15, 0.2) is 18.3 Å². The van der Waals surface area contributed by atoms with Crippen molar-refractivity contribution in [2.45, 2.75) is 38.9 Å². The van der Waals surface area contributed by atoms with Gasteiger partial charge in [0.1, 0.15) is 6.04 Å². The molecule has 1 N–H and O–H groups in total. The molecule has 2 nitrogen and oxygen atoms in total. The number of hydrogen-bond acceptors (Lipinski definition) is 2. The SMILES string of the molecule is CCCNC(Cc1ncccc1C)C(F)(F)F. The van der Waals surface area contributed by atoms with Gasteiger partial charge in [0, 0.05) is 18.3 Å². The maximum Gasteiger partial charge on any atom is 0.404 e. The number of aromatic nitrogens is 1. The highest BCUT2D eigenvalue weighted by atomic mass is 19.4. The fourth-order valence-corrected chi connectivity index (χ4v) is 1.55. The van der Waals surface area contributed by atoms with Gasteiger partial charge < -0.3 is 5.32 Å². The lowest BCUT2D eigenvalue weighted by Crippen LogP contribution is -2.44. The number of hydrogen-bond donors (Lipinski definition) is 1. The number of halogens is 3. The van der Waals surface area contributed by atoms with Crippen molar-refractivity contribution in [1.29, 1.82) is 0 Å². The van der Waals surface area contributed by atoms with Crippen molar-refractivity contribution in [3.8, 4) is 0 Å². The summed E-state index contributed by atoms with van der Waals surface area (Å²) in [5, 5.41) is 2.52. The van der Waals surface area contributed by atoms with Crippen molar-refractivity contribution < 1.29 is 13.2 Å². The molecule has 1 rings (SSSR count). The summed E-state index contributed by atoms with van der Waals surface area (Å²) in [6.45, 7) is 3.97. The van der Waals surface area contributed by atoms with Crippen molar-refractivity contribution >= 4 is 0 Å². The Morgan fingerprint density at radius 2 is 2.12 bits per heavy atom. The Kier molecular flexibility index (Phi) is 4.93. The first-order chi connectivity index (χ1) is 7.95. The number of rotatable bonds is 5. The number of nitrogens with one attached hydrogen (secondary N) is 1. The zero-order chi connectivity index (χ0) is 12.9. The van der Waals surface area contributed by atoms with Crippen LogP contribution in [0.25, 0.3) is 0 Å². The van der Waals surface area contributed by atoms with E-state index in [1.54, 1.807) is 19.1 Å². The van der Waals surface area contributed by atoms with Crippen LogP contribution in [-0.4, -0.2) is 23.7 Å². The van der Waals surface area contributed by atoms with E-state index in [0.717, 1.165) is 5.56 Å². The zero-order valence-electron chi connectivity index (χ0n) is 10.0. The largest absolute Gasteiger partial charge is 0.404 e. The lowest BCUT2D eigenvalue weighted by molar-refractivity contribution is -0.155. The molecule has 0 bridgehead atoms. The second-order valence-electron chi connectivity index (χ2n) is 4.02. The molecule has 0 aliphatic heterocycles. The van der Waals surface area contributed by atoms with Gasteiger partial charge in [-0.1, -0.05) is 13.0 Å². The van der Waals surface area contributed by atoms with Gasteiger partial charge >= 0.3 is 6.18 Å². The highest BCUT2D eigenvalue weighted by Crippen LogP contribution is 2.23. The average Bonchev–Trinajstić information content (AvgIpc) is 2.25. The van der Waals surface area contributed by atoms with E-state index in [1.165, 1.54) is 6.20 Å². The van der Waals surface area contributed by atoms with E-state index >= 15 is 0 Å². The van der Waals surface area contributed by atoms with Crippen LogP contribution in [0, 0.1) is 6.92 Å². The van der Waals surface area contributed by atoms with Gasteiger partial charge in [0.15, 0.2) is 0 Å². The average molecular weight is 246 g/mol. The minimum atomic E-state index is -4.24. The van der Waals surface area contributed by atoms with Gasteiger partial charge in [-0.2, -0.15) is 13.2 Å². The molecule has 0 aromatic carbocycles. The van der Waals surface area contributed by atoms with Crippen molar-refractivity contribution in [1.82, 2.24) is 10.3 Å². The number of nitrogens with zero attached hydrogens (tertiary/aromatic N) is 1. The topological polar surface area (TPSA) is 24.9 Å². The highest BCUT2D eigenvalue weighted by molar-refractivity contribution is 5.18. The van der Waals surface area contributed by atoms with E-state index in [2.05, 4.69) is 10.3 Å². The summed E-state index contributed by atoms with van der Waals surface area (Å²) in [5.41, 5.74) is 1.29. The van der Waals surface area contributed by atoms with E-state index in [0.29, 0.717) is 18.7 Å². The molecule has 0 fully saturated rings. The van der Waals surface area contributed by atoms with Gasteiger partial charge in [-0.05, 0) is 31.5 Å². The summed E-state index contributed by atoms with van der Waals surface area (Å²) in [5.74, 6) is 0. The molecule has 5 heteroatoms. The monoisotopic (exact) mass is 246 g/mol. The van der Waals surface area contributed by atoms with Crippen molar-refractivity contribution in [2.75, 3.05) is 6.54 Å². The molecule has 0 aliphatic rings. The summed E-state index contributed by atoms with van der Waals surface area (Å²) < 4.78 is 38.3. The Balaban J connectivity index is 2.76. The van der Waals surface area contributed by atoms with Gasteiger partial charge in [0.05, 0.1) is 0 Å². The fraction of sp³-hybridized carbons (Fsp3) is 0.583. The van der Waals surface area contributed by atoms with E-state index in [1.807, 2.05) is 6.92 Å². The number of alkyl halides is 3. The summed E-state index contributed by atoms with van der Waals surface area (Å²) >= 11 is 0. The van der Waals surface area contributed by atoms with Crippen LogP contribution in [-0.2, 0) is 6.42 Å². The Morgan fingerprint density at radius 3 is 2.65 bits per heavy atom. The lowest BCUT2D eigenvalue weighted by atomic mass is 10.1. The molecule has 1 heterocycles. The van der Waals surface area contributed by atoms with E-state index in [4.69, 9.17) is 0 Å². The van der Waals surface area contributed by atoms with Crippen LogP contribution in [0.4, 0.5) is 13.2 Å². The van der Waals surface area contributed by atoms with Gasteiger partial charge in [-0.3, -0.25) is 4.98 Å². The summed E-state index contributed by atoms with van der Waals surface area (Å²) in [4.78, 5) is 4.00. The standard InChI is InChI=1S/C12H17F3N2/c1-3-6-17-11(12(13,14)15)8-10-9(2)5-4-7-16-10/h4-5,7,11,17H,3,6,8H2,1-2H3. The molecule has 0 saturated carbocycles. The molecule has 1 unspecified atom stereocenters. The van der Waals surface area contributed by atoms with Crippen LogP contribution >= 0.6 is 0 Å². The quantitative estimate of drug-likeness (QED) is 0.864. The van der Waals surface area contributed by atoms with Crippen molar-refractivity contribution in [3.63, 3.8) is 0 Å². The van der Waals surface area contributed by atoms with Crippen LogP contribution < -0.4 is 5.32 Å². The molecule has 1 aromatic rings. The summed E-state index contributed by atoms with van der Waals surface area (Å²) in [7, 11) is 0. The second kappa shape index (κ2) is 6.00. The lowest BCUT2D eigenvalue weighted by Gasteiger charge is -2.21. The predicted octanol–water partition coefficient (Wildman–Crippen LogP) is 2.86. The molecular formula is C12H17F3N2. The summed E-state index contributed by atoms with van der Waals surface area (Å²) in [6, 6.07) is 1.98. The number of pyridine rings is 1. The number of aryl methyl sites for hydroxylation is 1. The molecule has 0 spiro atoms. The molecule has 0 aliphatic carbocycles. The Labute approximate surface area is 99.3 Å². The predicted molar refractivity (Wildman–Crippen MR) is 60.8 cm³/mol. The highest BCUT2D eigenvalue weighted by Gasteiger charge is 2.39. The third-order valence-corrected chi connectivity index (χ3v) is 2.55. The van der Waals surface area contributed by atoms with E-state index in [9.17, 15) is 13.2 Å². The van der Waals surface area contributed by atoms with Crippen LogP contribution in [0.5, 0.6) is 0 Å². The van der Waals surface area contributed by atoms with Gasteiger partial charge in [0.2, 0.25) is 0 Å². The molecule has 0 saturated heterocycles. The van der Waals surface area contributed by atoms with Crippen molar-refractivity contribution in [2.24, 2.45) is 0 Å². The van der Waals surface area contributed by atoms with Crippen LogP contribution in [0.1, 0.15) is 24.6 Å². The van der Waals surface area contributed by atoms with E-state index in [-0.39, 0.29) is 6.42 Å². The molecule has 96 valence electrons. The summed E-state index contributed by atoms with van der Waals surface area (Å²) in [6.07, 6.45) is -2.15. The normalized spacial score (nSPS) is 13.7. The van der Waals surface area contributed by atoms with Crippen molar-refractivity contribution in [3.05, 3.63) is 29.6 Å². The van der Waals surface area contributed by atoms with Gasteiger partial charge in [-0.25, -0.2) is 0 Å². The third-order valence-electron chi connectivity index (χ3n) is 2.55. The molecule has 17 heavy (non-hydrogen) atoms. The van der Waals surface area contributed by atoms with Crippen LogP contribution in [0.2, 0.25) is 0 Å². The molecule has 1 aromatic heterocycles. The van der Waals surface area contributed by atoms with Gasteiger partial charge in [0.25, 0.3) is 0 Å². The maximum absolute atomic E-state index is 12.8. The maximum atomic E-state index is 12.8. The third kappa shape index (κ3) is 4.34. The molecule has 1 atom stereocenters. The zero-order valence-corrected chi connectivity index (χ0v) is 10.0. The fourth-order valence-electron chi connectivity index (χ4n) is 1.55. The van der Waals surface area contributed by atoms with Crippen LogP contribution in [0.3, 0.4) is 0 Å². The first-order valence-corrected chi connectivity index (χ1v) is 5.65. The van der Waals surface area contributed by atoms with Gasteiger partial charge in [-0.15, -0.1) is 0 Å².